The molecule has 2 aromatic rings. The third-order valence-corrected chi connectivity index (χ3v) is 3.19. The zero-order valence-electron chi connectivity index (χ0n) is 9.23. The summed E-state index contributed by atoms with van der Waals surface area (Å²) in [6.45, 7) is 0. The van der Waals surface area contributed by atoms with Crippen LogP contribution in [0.4, 0.5) is 5.69 Å². The molecule has 3 rings (SSSR count). The summed E-state index contributed by atoms with van der Waals surface area (Å²) in [6.07, 6.45) is 4.31. The molecule has 0 fully saturated rings. The van der Waals surface area contributed by atoms with Gasteiger partial charge >= 0.3 is 0 Å². The van der Waals surface area contributed by atoms with Crippen molar-refractivity contribution in [3.05, 3.63) is 70.8 Å². The lowest BCUT2D eigenvalue weighted by Gasteiger charge is -2.22. The standard InChI is InChI=1S/C15H12ClN/c16-13-8-6-12-7-9-14(17-15(12)10-13)11-4-2-1-3-5-11/h1-10,14,17H. The fourth-order valence-electron chi connectivity index (χ4n) is 2.07. The van der Waals surface area contributed by atoms with Crippen LogP contribution in [0.1, 0.15) is 17.2 Å². The number of benzene rings is 2. The molecule has 0 aromatic heterocycles. The molecule has 1 atom stereocenters. The molecular formula is C15H12ClN. The van der Waals surface area contributed by atoms with Crippen LogP contribution in [0.3, 0.4) is 0 Å². The van der Waals surface area contributed by atoms with Gasteiger partial charge in [0.25, 0.3) is 0 Å². The molecule has 1 nitrogen and oxygen atoms in total. The molecule has 0 radical (unpaired) electrons. The van der Waals surface area contributed by atoms with Crippen LogP contribution in [0.5, 0.6) is 0 Å². The zero-order valence-corrected chi connectivity index (χ0v) is 9.98. The van der Waals surface area contributed by atoms with Crippen LogP contribution in [-0.4, -0.2) is 0 Å². The van der Waals surface area contributed by atoms with Crippen molar-refractivity contribution in [2.45, 2.75) is 6.04 Å². The molecule has 0 spiro atoms. The molecule has 1 heterocycles. The van der Waals surface area contributed by atoms with E-state index in [0.29, 0.717) is 0 Å². The van der Waals surface area contributed by atoms with Gasteiger partial charge in [-0.15, -0.1) is 0 Å². The van der Waals surface area contributed by atoms with Crippen molar-refractivity contribution in [1.82, 2.24) is 0 Å². The van der Waals surface area contributed by atoms with Crippen LogP contribution < -0.4 is 5.32 Å². The third-order valence-electron chi connectivity index (χ3n) is 2.95. The number of fused-ring (bicyclic) bond motifs is 1. The Morgan fingerprint density at radius 1 is 1.00 bits per heavy atom. The van der Waals surface area contributed by atoms with E-state index in [1.807, 2.05) is 24.3 Å². The van der Waals surface area contributed by atoms with E-state index in [1.165, 1.54) is 11.1 Å². The largest absolute Gasteiger partial charge is 0.374 e. The van der Waals surface area contributed by atoms with E-state index in [-0.39, 0.29) is 6.04 Å². The minimum absolute atomic E-state index is 0.224. The van der Waals surface area contributed by atoms with Gasteiger partial charge in [-0.3, -0.25) is 0 Å². The molecule has 17 heavy (non-hydrogen) atoms. The lowest BCUT2D eigenvalue weighted by Crippen LogP contribution is -2.11. The van der Waals surface area contributed by atoms with Gasteiger partial charge in [-0.25, -0.2) is 0 Å². The molecule has 2 heteroatoms. The summed E-state index contributed by atoms with van der Waals surface area (Å²) in [5, 5.41) is 4.25. The molecule has 2 aromatic carbocycles. The Hall–Kier alpha value is -1.73. The highest BCUT2D eigenvalue weighted by Gasteiger charge is 2.13. The quantitative estimate of drug-likeness (QED) is 0.774. The first kappa shape index (κ1) is 10.4. The van der Waals surface area contributed by atoms with Crippen molar-refractivity contribution in [1.29, 1.82) is 0 Å². The fourth-order valence-corrected chi connectivity index (χ4v) is 2.24. The van der Waals surface area contributed by atoms with Crippen LogP contribution in [0, 0.1) is 0 Å². The second kappa shape index (κ2) is 4.27. The van der Waals surface area contributed by atoms with Crippen LogP contribution in [0.15, 0.2) is 54.6 Å². The summed E-state index contributed by atoms with van der Waals surface area (Å²) in [6, 6.07) is 16.5. The average Bonchev–Trinajstić information content (AvgIpc) is 2.39. The highest BCUT2D eigenvalue weighted by atomic mass is 35.5. The summed E-state index contributed by atoms with van der Waals surface area (Å²) in [7, 11) is 0. The summed E-state index contributed by atoms with van der Waals surface area (Å²) >= 11 is 6.01. The van der Waals surface area contributed by atoms with E-state index >= 15 is 0 Å². The van der Waals surface area contributed by atoms with Crippen molar-refractivity contribution in [2.24, 2.45) is 0 Å². The number of hydrogen-bond acceptors (Lipinski definition) is 1. The first-order chi connectivity index (χ1) is 8.33. The van der Waals surface area contributed by atoms with Gasteiger partial charge in [0.1, 0.15) is 0 Å². The molecular weight excluding hydrogens is 230 g/mol. The minimum atomic E-state index is 0.224. The van der Waals surface area contributed by atoms with E-state index in [2.05, 4.69) is 41.7 Å². The Morgan fingerprint density at radius 2 is 1.82 bits per heavy atom. The highest BCUT2D eigenvalue weighted by Crippen LogP contribution is 2.31. The third kappa shape index (κ3) is 2.06. The van der Waals surface area contributed by atoms with Crippen molar-refractivity contribution in [3.8, 4) is 0 Å². The molecule has 0 saturated carbocycles. The SMILES string of the molecule is Clc1ccc2c(c1)NC(c1ccccc1)C=C2. The van der Waals surface area contributed by atoms with Gasteiger partial charge in [0, 0.05) is 10.7 Å². The lowest BCUT2D eigenvalue weighted by molar-refractivity contribution is 0.979. The maximum atomic E-state index is 6.01. The molecule has 0 bridgehead atoms. The number of anilines is 1. The van der Waals surface area contributed by atoms with Crippen molar-refractivity contribution in [2.75, 3.05) is 5.32 Å². The smallest absolute Gasteiger partial charge is 0.0701 e. The van der Waals surface area contributed by atoms with E-state index in [1.54, 1.807) is 0 Å². The zero-order chi connectivity index (χ0) is 11.7. The molecule has 1 unspecified atom stereocenters. The molecule has 1 aliphatic rings. The second-order valence-electron chi connectivity index (χ2n) is 4.12. The Balaban J connectivity index is 1.95. The van der Waals surface area contributed by atoms with E-state index in [9.17, 15) is 0 Å². The van der Waals surface area contributed by atoms with Gasteiger partial charge in [-0.1, -0.05) is 60.2 Å². The second-order valence-corrected chi connectivity index (χ2v) is 4.56. The molecule has 0 saturated heterocycles. The van der Waals surface area contributed by atoms with Crippen molar-refractivity contribution >= 4 is 23.4 Å². The van der Waals surface area contributed by atoms with Crippen molar-refractivity contribution in [3.63, 3.8) is 0 Å². The monoisotopic (exact) mass is 241 g/mol. The summed E-state index contributed by atoms with van der Waals surface area (Å²) in [5.74, 6) is 0. The van der Waals surface area contributed by atoms with Crippen LogP contribution >= 0.6 is 11.6 Å². The molecule has 0 aliphatic carbocycles. The number of rotatable bonds is 1. The van der Waals surface area contributed by atoms with E-state index < -0.39 is 0 Å². The first-order valence-electron chi connectivity index (χ1n) is 5.62. The summed E-state index contributed by atoms with van der Waals surface area (Å²) in [4.78, 5) is 0. The summed E-state index contributed by atoms with van der Waals surface area (Å²) in [5.41, 5.74) is 3.53. The Morgan fingerprint density at radius 3 is 2.65 bits per heavy atom. The van der Waals surface area contributed by atoms with Crippen LogP contribution in [-0.2, 0) is 0 Å². The van der Waals surface area contributed by atoms with Crippen LogP contribution in [0.25, 0.3) is 6.08 Å². The summed E-state index contributed by atoms with van der Waals surface area (Å²) < 4.78 is 0. The Kier molecular flexibility index (Phi) is 2.62. The predicted octanol–water partition coefficient (Wildman–Crippen LogP) is 4.52. The normalized spacial score (nSPS) is 17.4. The van der Waals surface area contributed by atoms with E-state index in [0.717, 1.165) is 10.7 Å². The Bertz CT molecular complexity index is 560. The minimum Gasteiger partial charge on any atom is -0.374 e. The number of nitrogens with one attached hydrogen (secondary N) is 1. The van der Waals surface area contributed by atoms with Gasteiger partial charge in [0.05, 0.1) is 6.04 Å². The van der Waals surface area contributed by atoms with E-state index in [4.69, 9.17) is 11.6 Å². The van der Waals surface area contributed by atoms with Gasteiger partial charge in [0.2, 0.25) is 0 Å². The van der Waals surface area contributed by atoms with Crippen LogP contribution in [0.2, 0.25) is 5.02 Å². The fraction of sp³-hybridized carbons (Fsp3) is 0.0667. The van der Waals surface area contributed by atoms with Crippen molar-refractivity contribution < 1.29 is 0 Å². The number of halogens is 1. The maximum absolute atomic E-state index is 6.01. The molecule has 1 aliphatic heterocycles. The van der Waals surface area contributed by atoms with Gasteiger partial charge < -0.3 is 5.32 Å². The maximum Gasteiger partial charge on any atom is 0.0701 e. The molecule has 0 amide bonds. The Labute approximate surface area is 106 Å². The predicted molar refractivity (Wildman–Crippen MR) is 73.3 cm³/mol. The first-order valence-corrected chi connectivity index (χ1v) is 6.00. The van der Waals surface area contributed by atoms with Gasteiger partial charge in [-0.05, 0) is 23.3 Å². The molecule has 1 N–H and O–H groups in total. The van der Waals surface area contributed by atoms with Gasteiger partial charge in [0.15, 0.2) is 0 Å². The lowest BCUT2D eigenvalue weighted by atomic mass is 10.00. The molecule has 84 valence electrons. The highest BCUT2D eigenvalue weighted by molar-refractivity contribution is 6.31. The topological polar surface area (TPSA) is 12.0 Å². The average molecular weight is 242 g/mol. The number of hydrogen-bond donors (Lipinski definition) is 1. The van der Waals surface area contributed by atoms with Gasteiger partial charge in [-0.2, -0.15) is 0 Å².